The number of hydrogen-bond acceptors (Lipinski definition) is 4. The zero-order chi connectivity index (χ0) is 9.68. The van der Waals surface area contributed by atoms with E-state index in [0.29, 0.717) is 5.56 Å². The number of nitrogens with zero attached hydrogens (tertiary/aromatic N) is 2. The van der Waals surface area contributed by atoms with E-state index in [1.54, 1.807) is 30.3 Å². The van der Waals surface area contributed by atoms with Crippen LogP contribution < -0.4 is 0 Å². The maximum absolute atomic E-state index is 10.2. The molecule has 0 aliphatic rings. The summed E-state index contributed by atoms with van der Waals surface area (Å²) in [6.07, 6.45) is 0. The lowest BCUT2D eigenvalue weighted by Gasteiger charge is -1.98. The van der Waals surface area contributed by atoms with Gasteiger partial charge in [0, 0.05) is 10.5 Å². The van der Waals surface area contributed by atoms with Gasteiger partial charge in [0.15, 0.2) is 5.71 Å². The molecule has 0 amide bonds. The Labute approximate surface area is 74.5 Å². The lowest BCUT2D eigenvalue weighted by molar-refractivity contribution is -0.463. The van der Waals surface area contributed by atoms with Crippen molar-refractivity contribution in [3.05, 3.63) is 46.0 Å². The van der Waals surface area contributed by atoms with Gasteiger partial charge in [-0.2, -0.15) is 0 Å². The molecule has 1 aromatic carbocycles. The van der Waals surface area contributed by atoms with Gasteiger partial charge in [0.05, 0.1) is 0 Å². The Balaban J connectivity index is 2.86. The molecule has 0 fully saturated rings. The Morgan fingerprint density at radius 2 is 2.08 bits per heavy atom. The molecule has 1 aromatic rings. The van der Waals surface area contributed by atoms with E-state index in [2.05, 4.69) is 5.16 Å². The average Bonchev–Trinajstić information content (AvgIpc) is 2.15. The van der Waals surface area contributed by atoms with Crippen LogP contribution in [-0.4, -0.2) is 22.4 Å². The van der Waals surface area contributed by atoms with Crippen LogP contribution in [0.2, 0.25) is 0 Å². The van der Waals surface area contributed by atoms with Crippen molar-refractivity contribution in [1.29, 1.82) is 0 Å². The molecule has 5 heteroatoms. The van der Waals surface area contributed by atoms with Crippen molar-refractivity contribution < 1.29 is 10.1 Å². The summed E-state index contributed by atoms with van der Waals surface area (Å²) in [5.74, 6) is 0. The Kier molecular flexibility index (Phi) is 2.97. The van der Waals surface area contributed by atoms with Crippen molar-refractivity contribution in [3.8, 4) is 0 Å². The van der Waals surface area contributed by atoms with Gasteiger partial charge < -0.3 is 5.21 Å². The Morgan fingerprint density at radius 3 is 2.54 bits per heavy atom. The number of oxime groups is 1. The fraction of sp³-hybridized carbons (Fsp3) is 0.125. The SMILES string of the molecule is O=[N+]([O-])C/C(=N\O)c1ccccc1. The lowest BCUT2D eigenvalue weighted by atomic mass is 10.1. The van der Waals surface area contributed by atoms with E-state index in [4.69, 9.17) is 5.21 Å². The summed E-state index contributed by atoms with van der Waals surface area (Å²) < 4.78 is 0. The van der Waals surface area contributed by atoms with Crippen LogP contribution in [0.3, 0.4) is 0 Å². The first-order chi connectivity index (χ1) is 6.24. The highest BCUT2D eigenvalue weighted by Crippen LogP contribution is 2.00. The maximum atomic E-state index is 10.2. The molecule has 0 saturated carbocycles. The van der Waals surface area contributed by atoms with Gasteiger partial charge in [0.25, 0.3) is 0 Å². The van der Waals surface area contributed by atoms with Crippen LogP contribution in [-0.2, 0) is 0 Å². The first-order valence-corrected chi connectivity index (χ1v) is 3.62. The molecule has 1 rings (SSSR count). The molecular formula is C8H8N2O3. The topological polar surface area (TPSA) is 75.7 Å². The highest BCUT2D eigenvalue weighted by atomic mass is 16.6. The number of nitro groups is 1. The van der Waals surface area contributed by atoms with Crippen molar-refractivity contribution in [1.82, 2.24) is 0 Å². The maximum Gasteiger partial charge on any atom is 0.249 e. The van der Waals surface area contributed by atoms with Crippen molar-refractivity contribution >= 4 is 5.71 Å². The zero-order valence-electron chi connectivity index (χ0n) is 6.75. The van der Waals surface area contributed by atoms with E-state index in [9.17, 15) is 10.1 Å². The Hall–Kier alpha value is -1.91. The molecular weight excluding hydrogens is 172 g/mol. The van der Waals surface area contributed by atoms with Crippen molar-refractivity contribution in [2.75, 3.05) is 6.54 Å². The van der Waals surface area contributed by atoms with Crippen LogP contribution in [0.4, 0.5) is 0 Å². The van der Waals surface area contributed by atoms with Crippen molar-refractivity contribution in [2.45, 2.75) is 0 Å². The molecule has 0 aliphatic heterocycles. The Morgan fingerprint density at radius 1 is 1.46 bits per heavy atom. The molecule has 0 bridgehead atoms. The standard InChI is InChI=1S/C8H8N2O3/c11-9-8(6-10(12)13)7-4-2-1-3-5-7/h1-5,11H,6H2/b9-8+. The third-order valence-electron chi connectivity index (χ3n) is 1.51. The molecule has 0 aliphatic carbocycles. The van der Waals surface area contributed by atoms with E-state index >= 15 is 0 Å². The van der Waals surface area contributed by atoms with Crippen molar-refractivity contribution in [3.63, 3.8) is 0 Å². The largest absolute Gasteiger partial charge is 0.410 e. The van der Waals surface area contributed by atoms with Crippen LogP contribution in [0.1, 0.15) is 5.56 Å². The quantitative estimate of drug-likeness (QED) is 0.328. The summed E-state index contributed by atoms with van der Waals surface area (Å²) in [4.78, 5) is 9.62. The molecule has 0 atom stereocenters. The molecule has 68 valence electrons. The third-order valence-corrected chi connectivity index (χ3v) is 1.51. The first kappa shape index (κ1) is 9.18. The molecule has 0 saturated heterocycles. The van der Waals surface area contributed by atoms with Crippen molar-refractivity contribution in [2.24, 2.45) is 5.16 Å². The summed E-state index contributed by atoms with van der Waals surface area (Å²) in [6, 6.07) is 8.53. The lowest BCUT2D eigenvalue weighted by Crippen LogP contribution is -2.14. The van der Waals surface area contributed by atoms with E-state index in [1.165, 1.54) is 0 Å². The Bertz CT molecular complexity index is 321. The monoisotopic (exact) mass is 180 g/mol. The number of hydrogen-bond donors (Lipinski definition) is 1. The predicted molar refractivity (Wildman–Crippen MR) is 46.6 cm³/mol. The fourth-order valence-electron chi connectivity index (χ4n) is 0.933. The summed E-state index contributed by atoms with van der Waals surface area (Å²) in [6.45, 7) is -0.472. The first-order valence-electron chi connectivity index (χ1n) is 3.62. The predicted octanol–water partition coefficient (Wildman–Crippen LogP) is 1.14. The molecule has 0 unspecified atom stereocenters. The van der Waals surface area contributed by atoms with Crippen LogP contribution in [0.5, 0.6) is 0 Å². The second-order valence-corrected chi connectivity index (χ2v) is 2.40. The van der Waals surface area contributed by atoms with Gasteiger partial charge in [-0.25, -0.2) is 0 Å². The van der Waals surface area contributed by atoms with Crippen LogP contribution >= 0.6 is 0 Å². The molecule has 0 radical (unpaired) electrons. The second-order valence-electron chi connectivity index (χ2n) is 2.40. The number of benzene rings is 1. The normalized spacial score (nSPS) is 11.2. The minimum absolute atomic E-state index is 0.0607. The smallest absolute Gasteiger partial charge is 0.249 e. The molecule has 0 heterocycles. The number of rotatable bonds is 3. The molecule has 1 N–H and O–H groups in total. The third kappa shape index (κ3) is 2.55. The van der Waals surface area contributed by atoms with Gasteiger partial charge in [0.2, 0.25) is 6.54 Å². The summed E-state index contributed by atoms with van der Waals surface area (Å²) >= 11 is 0. The fourth-order valence-corrected chi connectivity index (χ4v) is 0.933. The summed E-state index contributed by atoms with van der Waals surface area (Å²) in [5, 5.41) is 21.5. The van der Waals surface area contributed by atoms with E-state index in [-0.39, 0.29) is 5.71 Å². The van der Waals surface area contributed by atoms with Gasteiger partial charge in [0.1, 0.15) is 0 Å². The highest BCUT2D eigenvalue weighted by Gasteiger charge is 2.09. The zero-order valence-corrected chi connectivity index (χ0v) is 6.75. The molecule has 0 spiro atoms. The molecule has 5 nitrogen and oxygen atoms in total. The van der Waals surface area contributed by atoms with Crippen LogP contribution in [0.25, 0.3) is 0 Å². The van der Waals surface area contributed by atoms with Gasteiger partial charge >= 0.3 is 0 Å². The minimum Gasteiger partial charge on any atom is -0.410 e. The highest BCUT2D eigenvalue weighted by molar-refractivity contribution is 6.00. The summed E-state index contributed by atoms with van der Waals surface area (Å²) in [7, 11) is 0. The van der Waals surface area contributed by atoms with E-state index in [0.717, 1.165) is 0 Å². The van der Waals surface area contributed by atoms with Gasteiger partial charge in [-0.15, -0.1) is 0 Å². The molecule has 13 heavy (non-hydrogen) atoms. The van der Waals surface area contributed by atoms with Gasteiger partial charge in [-0.05, 0) is 0 Å². The summed E-state index contributed by atoms with van der Waals surface area (Å²) in [5.41, 5.74) is 0.618. The van der Waals surface area contributed by atoms with E-state index in [1.807, 2.05) is 0 Å². The average molecular weight is 180 g/mol. The van der Waals surface area contributed by atoms with Crippen LogP contribution in [0.15, 0.2) is 35.5 Å². The van der Waals surface area contributed by atoms with Gasteiger partial charge in [-0.3, -0.25) is 10.1 Å². The van der Waals surface area contributed by atoms with E-state index < -0.39 is 11.5 Å². The van der Waals surface area contributed by atoms with Gasteiger partial charge in [-0.1, -0.05) is 35.5 Å². The minimum atomic E-state index is -0.540. The molecule has 0 aromatic heterocycles. The van der Waals surface area contributed by atoms with Crippen LogP contribution in [0, 0.1) is 10.1 Å². The second kappa shape index (κ2) is 4.20.